The van der Waals surface area contributed by atoms with Gasteiger partial charge in [-0.25, -0.2) is 9.37 Å². The Morgan fingerprint density at radius 2 is 2.28 bits per heavy atom. The fraction of sp³-hybridized carbons (Fsp3) is 0.0909. The number of nitrogens with zero attached hydrogens (tertiary/aromatic N) is 2. The van der Waals surface area contributed by atoms with Gasteiger partial charge in [0.15, 0.2) is 0 Å². The average molecular weight is 333 g/mol. The molecule has 94 valence electrons. The molecule has 0 aliphatic heterocycles. The predicted octanol–water partition coefficient (Wildman–Crippen LogP) is 3.23. The molecule has 0 aliphatic carbocycles. The van der Waals surface area contributed by atoms with Crippen LogP contribution in [-0.2, 0) is 7.05 Å². The maximum absolute atomic E-state index is 13.0. The van der Waals surface area contributed by atoms with E-state index in [2.05, 4.69) is 26.2 Å². The van der Waals surface area contributed by atoms with Crippen LogP contribution in [0.25, 0.3) is 0 Å². The van der Waals surface area contributed by atoms with E-state index in [1.165, 1.54) is 12.4 Å². The highest BCUT2D eigenvalue weighted by molar-refractivity contribution is 9.10. The largest absolute Gasteiger partial charge is 0.340 e. The number of halogens is 3. The normalized spacial score (nSPS) is 10.4. The Morgan fingerprint density at radius 1 is 1.56 bits per heavy atom. The number of imidazole rings is 1. The summed E-state index contributed by atoms with van der Waals surface area (Å²) in [5.74, 6) is -0.896. The highest BCUT2D eigenvalue weighted by atomic mass is 79.9. The molecule has 0 saturated heterocycles. The monoisotopic (exact) mass is 331 g/mol. The van der Waals surface area contributed by atoms with Crippen LogP contribution in [0.5, 0.6) is 0 Å². The number of benzene rings is 1. The van der Waals surface area contributed by atoms with Crippen molar-refractivity contribution < 1.29 is 9.18 Å². The Hall–Kier alpha value is -1.40. The molecule has 1 N–H and O–H groups in total. The first kappa shape index (κ1) is 13.0. The van der Waals surface area contributed by atoms with Crippen molar-refractivity contribution >= 4 is 39.1 Å². The minimum Gasteiger partial charge on any atom is -0.340 e. The summed E-state index contributed by atoms with van der Waals surface area (Å²) < 4.78 is 15.1. The summed E-state index contributed by atoms with van der Waals surface area (Å²) in [6.07, 6.45) is 3.08. The Morgan fingerprint density at radius 3 is 2.83 bits per heavy atom. The third-order valence-corrected chi connectivity index (χ3v) is 3.11. The zero-order valence-electron chi connectivity index (χ0n) is 9.25. The maximum atomic E-state index is 13.0. The molecule has 0 radical (unpaired) electrons. The third kappa shape index (κ3) is 2.70. The van der Waals surface area contributed by atoms with Crippen molar-refractivity contribution in [3.63, 3.8) is 0 Å². The van der Waals surface area contributed by atoms with Gasteiger partial charge in [-0.3, -0.25) is 4.79 Å². The molecule has 1 aromatic heterocycles. The van der Waals surface area contributed by atoms with Crippen LogP contribution in [0.1, 0.15) is 10.5 Å². The van der Waals surface area contributed by atoms with Crippen LogP contribution in [0.15, 0.2) is 29.1 Å². The molecule has 0 bridgehead atoms. The standard InChI is InChI=1S/C11H8BrClFN3O/c1-17-4-9(15-5-17)11(18)16-10-7(12)2-6(14)3-8(10)13/h2-5H,1H3,(H,16,18). The second kappa shape index (κ2) is 5.07. The van der Waals surface area contributed by atoms with Gasteiger partial charge >= 0.3 is 0 Å². The van der Waals surface area contributed by atoms with E-state index in [9.17, 15) is 9.18 Å². The van der Waals surface area contributed by atoms with E-state index in [0.29, 0.717) is 10.2 Å². The van der Waals surface area contributed by atoms with Gasteiger partial charge in [-0.2, -0.15) is 0 Å². The first-order valence-corrected chi connectivity index (χ1v) is 6.08. The van der Waals surface area contributed by atoms with Crippen molar-refractivity contribution in [2.75, 3.05) is 5.32 Å². The topological polar surface area (TPSA) is 46.9 Å². The second-order valence-electron chi connectivity index (χ2n) is 3.62. The summed E-state index contributed by atoms with van der Waals surface area (Å²) in [5, 5.41) is 2.69. The quantitative estimate of drug-likeness (QED) is 0.918. The summed E-state index contributed by atoms with van der Waals surface area (Å²) in [5.41, 5.74) is 0.568. The Bertz CT molecular complexity index is 591. The molecule has 0 saturated carbocycles. The van der Waals surface area contributed by atoms with E-state index in [1.54, 1.807) is 17.8 Å². The molecule has 0 aliphatic rings. The number of carbonyl (C=O) groups is 1. The fourth-order valence-electron chi connectivity index (χ4n) is 1.37. The van der Waals surface area contributed by atoms with Gasteiger partial charge in [-0.1, -0.05) is 11.6 Å². The van der Waals surface area contributed by atoms with Gasteiger partial charge in [0.2, 0.25) is 0 Å². The van der Waals surface area contributed by atoms with E-state index in [0.717, 1.165) is 6.07 Å². The summed E-state index contributed by atoms with van der Waals surface area (Å²) >= 11 is 9.00. The molecule has 2 rings (SSSR count). The van der Waals surface area contributed by atoms with Crippen LogP contribution < -0.4 is 5.32 Å². The van der Waals surface area contributed by atoms with E-state index >= 15 is 0 Å². The van der Waals surface area contributed by atoms with Crippen molar-refractivity contribution in [2.24, 2.45) is 7.05 Å². The molecule has 0 spiro atoms. The smallest absolute Gasteiger partial charge is 0.275 e. The maximum Gasteiger partial charge on any atom is 0.275 e. The van der Waals surface area contributed by atoms with Crippen molar-refractivity contribution in [1.29, 1.82) is 0 Å². The van der Waals surface area contributed by atoms with E-state index in [1.807, 2.05) is 0 Å². The molecule has 0 unspecified atom stereocenters. The lowest BCUT2D eigenvalue weighted by Gasteiger charge is -2.08. The summed E-state index contributed by atoms with van der Waals surface area (Å²) in [7, 11) is 1.75. The number of aromatic nitrogens is 2. The molecule has 1 aromatic carbocycles. The fourth-order valence-corrected chi connectivity index (χ4v) is 2.27. The number of hydrogen-bond donors (Lipinski definition) is 1. The lowest BCUT2D eigenvalue weighted by Crippen LogP contribution is -2.13. The number of nitrogens with one attached hydrogen (secondary N) is 1. The van der Waals surface area contributed by atoms with E-state index in [4.69, 9.17) is 11.6 Å². The van der Waals surface area contributed by atoms with Crippen LogP contribution in [0.3, 0.4) is 0 Å². The van der Waals surface area contributed by atoms with Crippen LogP contribution in [0, 0.1) is 5.82 Å². The lowest BCUT2D eigenvalue weighted by atomic mass is 10.3. The second-order valence-corrected chi connectivity index (χ2v) is 4.88. The van der Waals surface area contributed by atoms with Crippen LogP contribution in [0.2, 0.25) is 5.02 Å². The predicted molar refractivity (Wildman–Crippen MR) is 70.3 cm³/mol. The number of hydrogen-bond acceptors (Lipinski definition) is 2. The van der Waals surface area contributed by atoms with Crippen molar-refractivity contribution in [3.05, 3.63) is 45.7 Å². The van der Waals surface area contributed by atoms with Crippen LogP contribution in [0.4, 0.5) is 10.1 Å². The van der Waals surface area contributed by atoms with Gasteiger partial charge in [0, 0.05) is 17.7 Å². The van der Waals surface area contributed by atoms with Gasteiger partial charge in [0.25, 0.3) is 5.91 Å². The first-order chi connectivity index (χ1) is 8.47. The van der Waals surface area contributed by atoms with Gasteiger partial charge < -0.3 is 9.88 Å². The zero-order valence-corrected chi connectivity index (χ0v) is 11.6. The number of amides is 1. The van der Waals surface area contributed by atoms with Crippen LogP contribution in [-0.4, -0.2) is 15.5 Å². The zero-order chi connectivity index (χ0) is 13.3. The SMILES string of the molecule is Cn1cnc(C(=O)Nc2c(Cl)cc(F)cc2Br)c1. The van der Waals surface area contributed by atoms with Gasteiger partial charge in [0.05, 0.1) is 17.0 Å². The van der Waals surface area contributed by atoms with Crippen molar-refractivity contribution in [3.8, 4) is 0 Å². The molecular formula is C11H8BrClFN3O. The summed E-state index contributed by atoms with van der Waals surface area (Å²) in [4.78, 5) is 15.8. The molecule has 0 fully saturated rings. The van der Waals surface area contributed by atoms with Crippen molar-refractivity contribution in [1.82, 2.24) is 9.55 Å². The van der Waals surface area contributed by atoms with Gasteiger partial charge in [-0.15, -0.1) is 0 Å². The van der Waals surface area contributed by atoms with Crippen molar-refractivity contribution in [2.45, 2.75) is 0 Å². The van der Waals surface area contributed by atoms with E-state index in [-0.39, 0.29) is 10.7 Å². The lowest BCUT2D eigenvalue weighted by molar-refractivity contribution is 0.102. The minimum absolute atomic E-state index is 0.117. The Balaban J connectivity index is 2.27. The van der Waals surface area contributed by atoms with Gasteiger partial charge in [0.1, 0.15) is 11.5 Å². The number of anilines is 1. The molecule has 7 heteroatoms. The molecule has 4 nitrogen and oxygen atoms in total. The minimum atomic E-state index is -0.484. The summed E-state index contributed by atoms with van der Waals surface area (Å²) in [6.45, 7) is 0. The Labute approximate surface area is 116 Å². The molecule has 1 heterocycles. The van der Waals surface area contributed by atoms with Gasteiger partial charge in [-0.05, 0) is 28.1 Å². The third-order valence-electron chi connectivity index (χ3n) is 2.18. The highest BCUT2D eigenvalue weighted by Gasteiger charge is 2.14. The molecule has 2 aromatic rings. The number of rotatable bonds is 2. The highest BCUT2D eigenvalue weighted by Crippen LogP contribution is 2.31. The Kier molecular flexibility index (Phi) is 3.68. The summed E-state index contributed by atoms with van der Waals surface area (Å²) in [6, 6.07) is 2.35. The number of aryl methyl sites for hydroxylation is 1. The van der Waals surface area contributed by atoms with Crippen LogP contribution >= 0.6 is 27.5 Å². The molecule has 18 heavy (non-hydrogen) atoms. The average Bonchev–Trinajstić information content (AvgIpc) is 2.70. The molecular weight excluding hydrogens is 324 g/mol. The first-order valence-electron chi connectivity index (χ1n) is 4.91. The van der Waals surface area contributed by atoms with E-state index < -0.39 is 11.7 Å². The molecule has 0 atom stereocenters. The number of carbonyl (C=O) groups excluding carboxylic acids is 1. The molecule has 1 amide bonds.